The lowest BCUT2D eigenvalue weighted by Gasteiger charge is -2.47. The SMILES string of the molecule is NC(=O)Nc1ccc(C2CCC(N3CC(NC(O)CNC(=O)c4cccc(C(F)(F)F)c4)C3)CC2)cc1. The third-order valence-electron chi connectivity index (χ3n) is 7.11. The van der Waals surface area contributed by atoms with Crippen LogP contribution < -0.4 is 21.7 Å². The molecule has 0 bridgehead atoms. The molecule has 0 aromatic heterocycles. The van der Waals surface area contributed by atoms with E-state index in [2.05, 4.69) is 20.9 Å². The van der Waals surface area contributed by atoms with Crippen molar-refractivity contribution in [3.8, 4) is 0 Å². The molecule has 6 N–H and O–H groups in total. The molecule has 1 aliphatic heterocycles. The number of halogens is 3. The number of benzene rings is 2. The van der Waals surface area contributed by atoms with Crippen LogP contribution >= 0.6 is 0 Å². The summed E-state index contributed by atoms with van der Waals surface area (Å²) >= 11 is 0. The van der Waals surface area contributed by atoms with Crippen molar-refractivity contribution in [3.63, 3.8) is 0 Å². The quantitative estimate of drug-likeness (QED) is 0.343. The first-order valence-corrected chi connectivity index (χ1v) is 12.4. The molecule has 2 aromatic carbocycles. The van der Waals surface area contributed by atoms with E-state index in [4.69, 9.17) is 5.73 Å². The summed E-state index contributed by atoms with van der Waals surface area (Å²) in [5, 5.41) is 18.3. The maximum Gasteiger partial charge on any atom is 0.416 e. The third-order valence-corrected chi connectivity index (χ3v) is 7.11. The van der Waals surface area contributed by atoms with Crippen LogP contribution in [0, 0.1) is 0 Å². The standard InChI is InChI=1S/C26H32F3N5O3/c27-26(28,29)19-3-1-2-18(12-19)24(36)31-13-23(35)32-21-14-34(15-21)22-10-6-17(7-11-22)16-4-8-20(9-5-16)33-25(30)37/h1-5,8-9,12,17,21-23,32,35H,6-7,10-11,13-15H2,(H,31,36)(H3,30,33,37). The first-order valence-electron chi connectivity index (χ1n) is 12.4. The van der Waals surface area contributed by atoms with Gasteiger partial charge in [-0.15, -0.1) is 0 Å². The van der Waals surface area contributed by atoms with Crippen LogP contribution in [0.2, 0.25) is 0 Å². The Morgan fingerprint density at radius 2 is 1.73 bits per heavy atom. The zero-order valence-corrected chi connectivity index (χ0v) is 20.3. The van der Waals surface area contributed by atoms with Crippen molar-refractivity contribution in [2.75, 3.05) is 25.0 Å². The number of aliphatic hydroxyl groups is 1. The number of nitrogens with one attached hydrogen (secondary N) is 3. The van der Waals surface area contributed by atoms with Gasteiger partial charge in [-0.3, -0.25) is 15.0 Å². The maximum atomic E-state index is 12.8. The third kappa shape index (κ3) is 7.21. The molecule has 1 saturated carbocycles. The van der Waals surface area contributed by atoms with E-state index in [0.717, 1.165) is 50.9 Å². The second kappa shape index (κ2) is 11.5. The molecule has 4 rings (SSSR count). The van der Waals surface area contributed by atoms with E-state index in [1.165, 1.54) is 17.7 Å². The van der Waals surface area contributed by atoms with Gasteiger partial charge in [-0.1, -0.05) is 18.2 Å². The molecule has 1 heterocycles. The predicted molar refractivity (Wildman–Crippen MR) is 133 cm³/mol. The molecule has 2 aromatic rings. The van der Waals surface area contributed by atoms with Gasteiger partial charge in [-0.25, -0.2) is 4.79 Å². The highest BCUT2D eigenvalue weighted by Crippen LogP contribution is 2.36. The molecule has 3 amide bonds. The predicted octanol–water partition coefficient (Wildman–Crippen LogP) is 3.24. The molecule has 37 heavy (non-hydrogen) atoms. The second-order valence-corrected chi connectivity index (χ2v) is 9.74. The summed E-state index contributed by atoms with van der Waals surface area (Å²) in [6.07, 6.45) is -1.21. The van der Waals surface area contributed by atoms with E-state index >= 15 is 0 Å². The Morgan fingerprint density at radius 1 is 1.05 bits per heavy atom. The van der Waals surface area contributed by atoms with Crippen molar-refractivity contribution >= 4 is 17.6 Å². The van der Waals surface area contributed by atoms with Crippen LogP contribution in [0.1, 0.15) is 53.1 Å². The minimum absolute atomic E-state index is 0.0866. The van der Waals surface area contributed by atoms with Crippen molar-refractivity contribution in [2.24, 2.45) is 5.73 Å². The van der Waals surface area contributed by atoms with Crippen LogP contribution in [0.5, 0.6) is 0 Å². The number of carbonyl (C=O) groups excluding carboxylic acids is 2. The topological polar surface area (TPSA) is 120 Å². The molecule has 0 radical (unpaired) electrons. The normalized spacial score (nSPS) is 21.6. The summed E-state index contributed by atoms with van der Waals surface area (Å²) in [5.41, 5.74) is 6.09. The van der Waals surface area contributed by atoms with Gasteiger partial charge in [-0.2, -0.15) is 13.2 Å². The van der Waals surface area contributed by atoms with E-state index in [0.29, 0.717) is 17.6 Å². The number of hydrogen-bond acceptors (Lipinski definition) is 5. The zero-order chi connectivity index (χ0) is 26.6. The molecule has 1 unspecified atom stereocenters. The number of likely N-dealkylation sites (tertiary alicyclic amines) is 1. The fourth-order valence-electron chi connectivity index (χ4n) is 5.13. The summed E-state index contributed by atoms with van der Waals surface area (Å²) in [5.74, 6) is -0.186. The Labute approximate surface area is 213 Å². The number of urea groups is 1. The highest BCUT2D eigenvalue weighted by Gasteiger charge is 2.35. The van der Waals surface area contributed by atoms with E-state index in [9.17, 15) is 27.9 Å². The fraction of sp³-hybridized carbons (Fsp3) is 0.462. The molecule has 8 nitrogen and oxygen atoms in total. The zero-order valence-electron chi connectivity index (χ0n) is 20.3. The average molecular weight is 520 g/mol. The van der Waals surface area contributed by atoms with Gasteiger partial charge >= 0.3 is 12.2 Å². The molecule has 200 valence electrons. The maximum absolute atomic E-state index is 12.8. The van der Waals surface area contributed by atoms with Crippen molar-refractivity contribution in [2.45, 2.75) is 56.1 Å². The molecular weight excluding hydrogens is 487 g/mol. The number of aliphatic hydroxyl groups excluding tert-OH is 1. The first kappa shape index (κ1) is 26.9. The monoisotopic (exact) mass is 519 g/mol. The van der Waals surface area contributed by atoms with Gasteiger partial charge in [0.15, 0.2) is 0 Å². The fourth-order valence-corrected chi connectivity index (χ4v) is 5.13. The number of carbonyl (C=O) groups is 2. The Kier molecular flexibility index (Phi) is 8.35. The van der Waals surface area contributed by atoms with E-state index in [1.54, 1.807) is 0 Å². The Morgan fingerprint density at radius 3 is 2.35 bits per heavy atom. The molecule has 0 spiro atoms. The van der Waals surface area contributed by atoms with E-state index in [1.807, 2.05) is 24.3 Å². The molecule has 1 atom stereocenters. The van der Waals surface area contributed by atoms with Crippen molar-refractivity contribution < 1.29 is 27.9 Å². The molecule has 2 fully saturated rings. The highest BCUT2D eigenvalue weighted by molar-refractivity contribution is 5.94. The van der Waals surface area contributed by atoms with Crippen LogP contribution in [0.4, 0.5) is 23.7 Å². The lowest BCUT2D eigenvalue weighted by Crippen LogP contribution is -2.64. The van der Waals surface area contributed by atoms with Gasteiger partial charge in [-0.05, 0) is 67.5 Å². The van der Waals surface area contributed by atoms with Gasteiger partial charge in [0.2, 0.25) is 0 Å². The number of anilines is 1. The summed E-state index contributed by atoms with van der Waals surface area (Å²) in [6.45, 7) is 1.48. The van der Waals surface area contributed by atoms with Crippen molar-refractivity contribution in [1.29, 1.82) is 0 Å². The summed E-state index contributed by atoms with van der Waals surface area (Å²) in [7, 11) is 0. The van der Waals surface area contributed by atoms with E-state index < -0.39 is 29.9 Å². The van der Waals surface area contributed by atoms with Crippen LogP contribution in [-0.2, 0) is 6.18 Å². The minimum Gasteiger partial charge on any atom is -0.377 e. The van der Waals surface area contributed by atoms with Crippen LogP contribution in [-0.4, -0.2) is 59.9 Å². The number of nitrogens with zero attached hydrogens (tertiary/aromatic N) is 1. The molecule has 1 saturated heterocycles. The highest BCUT2D eigenvalue weighted by atomic mass is 19.4. The smallest absolute Gasteiger partial charge is 0.377 e. The second-order valence-electron chi connectivity index (χ2n) is 9.74. The Bertz CT molecular complexity index is 1080. The van der Waals surface area contributed by atoms with Gasteiger partial charge in [0, 0.05) is 36.4 Å². The number of amides is 3. The summed E-state index contributed by atoms with van der Waals surface area (Å²) in [4.78, 5) is 25.5. The number of alkyl halides is 3. The van der Waals surface area contributed by atoms with Crippen LogP contribution in [0.25, 0.3) is 0 Å². The minimum atomic E-state index is -4.52. The number of rotatable bonds is 8. The van der Waals surface area contributed by atoms with Crippen LogP contribution in [0.15, 0.2) is 48.5 Å². The van der Waals surface area contributed by atoms with Gasteiger partial charge in [0.05, 0.1) is 12.1 Å². The summed E-state index contributed by atoms with van der Waals surface area (Å²) in [6, 6.07) is 12.0. The van der Waals surface area contributed by atoms with Gasteiger partial charge in [0.1, 0.15) is 6.23 Å². The van der Waals surface area contributed by atoms with E-state index in [-0.39, 0.29) is 18.2 Å². The number of hydrogen-bond donors (Lipinski definition) is 5. The van der Waals surface area contributed by atoms with Gasteiger partial charge in [0.25, 0.3) is 5.91 Å². The largest absolute Gasteiger partial charge is 0.416 e. The Hall–Kier alpha value is -3.15. The molecule has 1 aliphatic carbocycles. The van der Waals surface area contributed by atoms with Crippen molar-refractivity contribution in [3.05, 3.63) is 65.2 Å². The summed E-state index contributed by atoms with van der Waals surface area (Å²) < 4.78 is 38.5. The lowest BCUT2D eigenvalue weighted by molar-refractivity contribution is -0.137. The van der Waals surface area contributed by atoms with Crippen LogP contribution in [0.3, 0.4) is 0 Å². The first-order chi connectivity index (χ1) is 17.6. The molecule has 2 aliphatic rings. The lowest BCUT2D eigenvalue weighted by atomic mass is 9.80. The molecule has 11 heteroatoms. The average Bonchev–Trinajstić information content (AvgIpc) is 2.84. The van der Waals surface area contributed by atoms with Gasteiger partial charge < -0.3 is 21.5 Å². The Balaban J connectivity index is 1.14. The molecular formula is C26H32F3N5O3. The number of nitrogens with two attached hydrogens (primary N) is 1. The van der Waals surface area contributed by atoms with Crippen molar-refractivity contribution in [1.82, 2.24) is 15.5 Å². The number of primary amides is 1.